The lowest BCUT2D eigenvalue weighted by Gasteiger charge is -2.37. The second-order valence-electron chi connectivity index (χ2n) is 17.2. The molecule has 0 saturated carbocycles. The summed E-state index contributed by atoms with van der Waals surface area (Å²) in [6.07, 6.45) is 5.93. The van der Waals surface area contributed by atoms with Crippen molar-refractivity contribution in [3.05, 3.63) is 123 Å². The van der Waals surface area contributed by atoms with Gasteiger partial charge >= 0.3 is 0 Å². The lowest BCUT2D eigenvalue weighted by atomic mass is 9.95. The smallest absolute Gasteiger partial charge is 0.253 e. The summed E-state index contributed by atoms with van der Waals surface area (Å²) in [4.78, 5) is 61.3. The Balaban J connectivity index is 0.820. The molecular weight excluding hydrogens is 837 g/mol. The van der Waals surface area contributed by atoms with Gasteiger partial charge in [0.15, 0.2) is 0 Å². The van der Waals surface area contributed by atoms with Crippen LogP contribution in [-0.2, 0) is 36.8 Å². The molecule has 6 aromatic rings. The minimum Gasteiger partial charge on any atom is -0.491 e. The number of aromatic nitrogens is 3. The fourth-order valence-corrected chi connectivity index (χ4v) is 9.37. The third kappa shape index (κ3) is 10.5. The predicted molar refractivity (Wildman–Crippen MR) is 255 cm³/mol. The highest BCUT2D eigenvalue weighted by atomic mass is 16.5. The number of H-pyrrole nitrogens is 1. The van der Waals surface area contributed by atoms with Gasteiger partial charge in [-0.1, -0.05) is 24.3 Å². The summed E-state index contributed by atoms with van der Waals surface area (Å²) in [6, 6.07) is 24.0. The molecule has 8 rings (SSSR count). The van der Waals surface area contributed by atoms with Gasteiger partial charge in [-0.2, -0.15) is 0 Å². The van der Waals surface area contributed by atoms with Gasteiger partial charge in [0.05, 0.1) is 25.3 Å². The molecule has 14 nitrogen and oxygen atoms in total. The number of amides is 3. The molecule has 5 heterocycles. The summed E-state index contributed by atoms with van der Waals surface area (Å²) in [5, 5.41) is 7.54. The fourth-order valence-electron chi connectivity index (χ4n) is 9.37. The van der Waals surface area contributed by atoms with Crippen molar-refractivity contribution in [2.45, 2.75) is 84.8 Å². The maximum Gasteiger partial charge on any atom is 0.253 e. The zero-order valence-electron chi connectivity index (χ0n) is 38.4. The molecule has 3 aromatic carbocycles. The number of nitrogens with zero attached hydrogens (tertiary/aromatic N) is 3. The van der Waals surface area contributed by atoms with Crippen LogP contribution in [0.15, 0.2) is 83.8 Å². The highest BCUT2D eigenvalue weighted by Crippen LogP contribution is 2.36. The van der Waals surface area contributed by atoms with E-state index in [9.17, 15) is 19.2 Å². The number of piperidine rings is 1. The molecule has 0 spiro atoms. The van der Waals surface area contributed by atoms with Crippen LogP contribution in [0.2, 0.25) is 0 Å². The van der Waals surface area contributed by atoms with Gasteiger partial charge in [-0.15, -0.1) is 0 Å². The molecule has 0 aliphatic carbocycles. The van der Waals surface area contributed by atoms with Crippen molar-refractivity contribution in [1.82, 2.24) is 25.2 Å². The van der Waals surface area contributed by atoms with Crippen molar-refractivity contribution >= 4 is 45.3 Å². The Labute approximate surface area is 385 Å². The lowest BCUT2D eigenvalue weighted by molar-refractivity contribution is -0.135. The first-order chi connectivity index (χ1) is 32.1. The Morgan fingerprint density at radius 3 is 2.41 bits per heavy atom. The normalized spacial score (nSPS) is 15.6. The summed E-state index contributed by atoms with van der Waals surface area (Å²) in [7, 11) is 0. The number of ether oxygens (including phenoxy) is 4. The number of nitrogens with one attached hydrogen (secondary N) is 3. The zero-order valence-corrected chi connectivity index (χ0v) is 38.4. The maximum absolute atomic E-state index is 13.9. The van der Waals surface area contributed by atoms with Crippen molar-refractivity contribution < 1.29 is 33.3 Å². The van der Waals surface area contributed by atoms with Crippen LogP contribution in [0.5, 0.6) is 5.75 Å². The number of hydrogen-bond acceptors (Lipinski definition) is 10. The fraction of sp³-hybridized carbons (Fsp3) is 0.404. The second-order valence-corrected chi connectivity index (χ2v) is 17.2. The van der Waals surface area contributed by atoms with Gasteiger partial charge in [-0.05, 0) is 136 Å². The molecule has 0 bridgehead atoms. The number of benzene rings is 3. The van der Waals surface area contributed by atoms with E-state index in [0.717, 1.165) is 93.4 Å². The van der Waals surface area contributed by atoms with Gasteiger partial charge in [0, 0.05) is 84.9 Å². The molecule has 1 unspecified atom stereocenters. The van der Waals surface area contributed by atoms with Crippen LogP contribution in [0.4, 0.5) is 5.69 Å². The Hall–Kier alpha value is -6.35. The van der Waals surface area contributed by atoms with E-state index >= 15 is 0 Å². The predicted octanol–water partition coefficient (Wildman–Crippen LogP) is 7.43. The number of aromatic amines is 1. The van der Waals surface area contributed by atoms with Crippen molar-refractivity contribution in [3.8, 4) is 16.9 Å². The number of carbonyl (C=O) groups is 3. The van der Waals surface area contributed by atoms with E-state index in [0.29, 0.717) is 82.0 Å². The maximum atomic E-state index is 13.9. The summed E-state index contributed by atoms with van der Waals surface area (Å²) < 4.78 is 25.4. The van der Waals surface area contributed by atoms with Gasteiger partial charge in [0.1, 0.15) is 24.0 Å². The first-order valence-corrected chi connectivity index (χ1v) is 23.2. The first kappa shape index (κ1) is 46.2. The van der Waals surface area contributed by atoms with Crippen LogP contribution in [0.1, 0.15) is 83.4 Å². The number of rotatable bonds is 19. The third-order valence-corrected chi connectivity index (χ3v) is 12.8. The number of imide groups is 1. The Morgan fingerprint density at radius 1 is 0.879 bits per heavy atom. The number of pyridine rings is 2. The monoisotopic (exact) mass is 896 g/mol. The number of aryl methyl sites for hydroxylation is 3. The Bertz CT molecular complexity index is 2760. The molecule has 66 heavy (non-hydrogen) atoms. The summed E-state index contributed by atoms with van der Waals surface area (Å²) in [6.45, 7) is 12.5. The van der Waals surface area contributed by atoms with Crippen LogP contribution in [0, 0.1) is 20.8 Å². The molecule has 2 fully saturated rings. The van der Waals surface area contributed by atoms with Crippen molar-refractivity contribution in [1.29, 1.82) is 0 Å². The van der Waals surface area contributed by atoms with Gasteiger partial charge in [0.25, 0.3) is 11.5 Å². The standard InChI is InChI=1S/C52H60N6O8/c1-5-57(39-18-22-64-23-19-39)46-31-38(30-43(35(46)4)50(60)54-32-44-33(2)28-34(3)55-51(44)61)37-11-13-40(14-12-37)66-27-26-65-25-24-63-21-7-8-36-10-15-41-42-9-6-20-53-49(42)58(47(41)29-36)45-16-17-48(59)56-52(45)62/h6,9-15,20,28-31,39,45H,5,7-8,16-19,21-27,32H2,1-4H3,(H,54,60)(H,55,61)(H,56,59,62). The Morgan fingerprint density at radius 2 is 1.65 bits per heavy atom. The summed E-state index contributed by atoms with van der Waals surface area (Å²) in [5.74, 6) is -0.0466. The zero-order chi connectivity index (χ0) is 46.2. The quantitative estimate of drug-likeness (QED) is 0.0550. The SMILES string of the molecule is CCN(c1cc(-c2ccc(OCCOCCOCCCc3ccc4c5cccnc5n(C5CCC(=O)NC5=O)c4c3)cc2)cc(C(=O)NCc2c(C)cc(C)[nH]c2=O)c1C)C1CCOCC1. The molecule has 1 atom stereocenters. The number of hydrogen-bond donors (Lipinski definition) is 3. The van der Waals surface area contributed by atoms with E-state index in [4.69, 9.17) is 18.9 Å². The highest BCUT2D eigenvalue weighted by molar-refractivity contribution is 6.09. The molecule has 14 heteroatoms. The summed E-state index contributed by atoms with van der Waals surface area (Å²) >= 11 is 0. The Kier molecular flexibility index (Phi) is 14.9. The van der Waals surface area contributed by atoms with E-state index in [1.165, 1.54) is 0 Å². The van der Waals surface area contributed by atoms with E-state index in [-0.39, 0.29) is 29.8 Å². The second kappa shape index (κ2) is 21.3. The van der Waals surface area contributed by atoms with E-state index in [1.54, 1.807) is 6.20 Å². The van der Waals surface area contributed by atoms with Gasteiger partial charge in [0.2, 0.25) is 11.8 Å². The first-order valence-electron chi connectivity index (χ1n) is 23.2. The number of carbonyl (C=O) groups excluding carboxylic acids is 3. The third-order valence-electron chi connectivity index (χ3n) is 12.8. The van der Waals surface area contributed by atoms with Crippen molar-refractivity contribution in [2.24, 2.45) is 0 Å². The molecule has 0 radical (unpaired) electrons. The lowest BCUT2D eigenvalue weighted by Crippen LogP contribution is -2.41. The molecule has 3 N–H and O–H groups in total. The van der Waals surface area contributed by atoms with Gasteiger partial charge in [-0.25, -0.2) is 4.98 Å². The molecule has 3 aromatic heterocycles. The average Bonchev–Trinajstić information content (AvgIpc) is 3.63. The number of fused-ring (bicyclic) bond motifs is 3. The molecule has 2 saturated heterocycles. The van der Waals surface area contributed by atoms with Crippen molar-refractivity contribution in [2.75, 3.05) is 57.7 Å². The largest absolute Gasteiger partial charge is 0.491 e. The summed E-state index contributed by atoms with van der Waals surface area (Å²) in [5.41, 5.74) is 9.14. The van der Waals surface area contributed by atoms with Crippen LogP contribution >= 0.6 is 0 Å². The van der Waals surface area contributed by atoms with Crippen molar-refractivity contribution in [3.63, 3.8) is 0 Å². The average molecular weight is 897 g/mol. The minimum atomic E-state index is -0.493. The van der Waals surface area contributed by atoms with Crippen LogP contribution in [0.3, 0.4) is 0 Å². The van der Waals surface area contributed by atoms with Crippen LogP contribution in [-0.4, -0.2) is 91.1 Å². The van der Waals surface area contributed by atoms with Gasteiger partial charge < -0.3 is 38.7 Å². The minimum absolute atomic E-state index is 0.127. The molecule has 3 amide bonds. The van der Waals surface area contributed by atoms with Gasteiger partial charge in [-0.3, -0.25) is 24.5 Å². The highest BCUT2D eigenvalue weighted by Gasteiger charge is 2.31. The van der Waals surface area contributed by atoms with E-state index < -0.39 is 6.04 Å². The number of anilines is 1. The topological polar surface area (TPSA) is 166 Å². The molecule has 2 aliphatic rings. The molecule has 2 aliphatic heterocycles. The van der Waals surface area contributed by atoms with Crippen LogP contribution < -0.4 is 25.8 Å². The van der Waals surface area contributed by atoms with E-state index in [1.807, 2.05) is 73.9 Å². The molecular formula is C52H60N6O8. The van der Waals surface area contributed by atoms with Crippen LogP contribution in [0.25, 0.3) is 33.1 Å². The molecule has 346 valence electrons. The van der Waals surface area contributed by atoms with E-state index in [2.05, 4.69) is 56.7 Å².